The van der Waals surface area contributed by atoms with E-state index < -0.39 is 11.5 Å². The van der Waals surface area contributed by atoms with Gasteiger partial charge in [0, 0.05) is 11.4 Å². The number of benzene rings is 1. The minimum atomic E-state index is -1.30. The smallest absolute Gasteiger partial charge is 0.341 e. The fourth-order valence-electron chi connectivity index (χ4n) is 2.29. The fourth-order valence-corrected chi connectivity index (χ4v) is 2.29. The lowest BCUT2D eigenvalue weighted by atomic mass is 10.1. The van der Waals surface area contributed by atoms with E-state index in [4.69, 9.17) is 5.11 Å². The van der Waals surface area contributed by atoms with Crippen LogP contribution in [0.15, 0.2) is 47.3 Å². The molecule has 120 valence electrons. The molecule has 6 heteroatoms. The van der Waals surface area contributed by atoms with Gasteiger partial charge in [-0.3, -0.25) is 9.59 Å². The Hall–Kier alpha value is -2.89. The molecule has 1 aromatic heterocycles. The molecule has 6 nitrogen and oxygen atoms in total. The van der Waals surface area contributed by atoms with E-state index >= 15 is 0 Å². The summed E-state index contributed by atoms with van der Waals surface area (Å²) in [6, 6.07) is 11.7. The second-order valence-electron chi connectivity index (χ2n) is 5.44. The average Bonchev–Trinajstić information content (AvgIpc) is 2.49. The van der Waals surface area contributed by atoms with E-state index in [9.17, 15) is 14.4 Å². The number of carboxylic acids is 1. The van der Waals surface area contributed by atoms with Crippen molar-refractivity contribution in [3.05, 3.63) is 64.1 Å². The molecule has 2 rings (SSSR count). The predicted molar refractivity (Wildman–Crippen MR) is 86.8 cm³/mol. The molecule has 0 fully saturated rings. The second kappa shape index (κ2) is 6.91. The normalized spacial score (nSPS) is 10.6. The van der Waals surface area contributed by atoms with Crippen molar-refractivity contribution < 1.29 is 14.7 Å². The monoisotopic (exact) mass is 314 g/mol. The third-order valence-electron chi connectivity index (χ3n) is 3.39. The first-order valence-electron chi connectivity index (χ1n) is 7.22. The van der Waals surface area contributed by atoms with Gasteiger partial charge < -0.3 is 15.0 Å². The Kier molecular flexibility index (Phi) is 4.95. The third kappa shape index (κ3) is 3.85. The van der Waals surface area contributed by atoms with E-state index in [0.29, 0.717) is 11.4 Å². The Bertz CT molecular complexity index is 779. The van der Waals surface area contributed by atoms with Crippen molar-refractivity contribution in [2.24, 2.45) is 0 Å². The Morgan fingerprint density at radius 3 is 2.35 bits per heavy atom. The van der Waals surface area contributed by atoms with Crippen LogP contribution in [0.4, 0.5) is 5.69 Å². The minimum absolute atomic E-state index is 0.0185. The van der Waals surface area contributed by atoms with Gasteiger partial charge in [0.25, 0.3) is 5.56 Å². The largest absolute Gasteiger partial charge is 0.477 e. The summed E-state index contributed by atoms with van der Waals surface area (Å²) in [6.07, 6.45) is 0. The summed E-state index contributed by atoms with van der Waals surface area (Å²) >= 11 is 0. The lowest BCUT2D eigenvalue weighted by Crippen LogP contribution is -2.33. The molecular formula is C17H18N2O4. The van der Waals surface area contributed by atoms with Crippen LogP contribution in [0.5, 0.6) is 0 Å². The number of rotatable bonds is 5. The lowest BCUT2D eigenvalue weighted by Gasteiger charge is -2.16. The molecule has 0 aliphatic rings. The summed E-state index contributed by atoms with van der Waals surface area (Å²) < 4.78 is 1.21. The van der Waals surface area contributed by atoms with E-state index in [0.717, 1.165) is 0 Å². The topological polar surface area (TPSA) is 88.4 Å². The van der Waals surface area contributed by atoms with Crippen molar-refractivity contribution in [2.45, 2.75) is 26.3 Å². The molecular weight excluding hydrogens is 296 g/mol. The zero-order chi connectivity index (χ0) is 17.0. The van der Waals surface area contributed by atoms with Crippen molar-refractivity contribution in [1.82, 2.24) is 4.57 Å². The minimum Gasteiger partial charge on any atom is -0.477 e. The van der Waals surface area contributed by atoms with E-state index in [1.54, 1.807) is 30.3 Å². The molecule has 0 atom stereocenters. The molecule has 0 unspecified atom stereocenters. The van der Waals surface area contributed by atoms with Crippen LogP contribution in [-0.4, -0.2) is 21.6 Å². The van der Waals surface area contributed by atoms with Crippen molar-refractivity contribution in [3.8, 4) is 0 Å². The summed E-state index contributed by atoms with van der Waals surface area (Å²) in [5.74, 6) is -1.71. The van der Waals surface area contributed by atoms with Gasteiger partial charge in [0.1, 0.15) is 12.1 Å². The van der Waals surface area contributed by atoms with Gasteiger partial charge in [-0.05, 0) is 30.2 Å². The number of amides is 1. The molecule has 0 radical (unpaired) electrons. The van der Waals surface area contributed by atoms with Crippen LogP contribution >= 0.6 is 0 Å². The van der Waals surface area contributed by atoms with E-state index in [2.05, 4.69) is 5.32 Å². The van der Waals surface area contributed by atoms with Crippen molar-refractivity contribution in [3.63, 3.8) is 0 Å². The number of carboxylic acid groups (broad SMARTS) is 1. The first-order valence-corrected chi connectivity index (χ1v) is 7.22. The fraction of sp³-hybridized carbons (Fsp3) is 0.235. The van der Waals surface area contributed by atoms with Crippen LogP contribution in [0.1, 0.15) is 35.8 Å². The zero-order valence-electron chi connectivity index (χ0n) is 12.9. The van der Waals surface area contributed by atoms with E-state index in [-0.39, 0.29) is 23.9 Å². The highest BCUT2D eigenvalue weighted by molar-refractivity contribution is 5.91. The highest BCUT2D eigenvalue weighted by Crippen LogP contribution is 2.13. The maximum Gasteiger partial charge on any atom is 0.341 e. The Morgan fingerprint density at radius 1 is 1.13 bits per heavy atom. The van der Waals surface area contributed by atoms with Gasteiger partial charge in [0.05, 0.1) is 0 Å². The molecule has 0 bridgehead atoms. The molecule has 2 aromatic rings. The van der Waals surface area contributed by atoms with Crippen molar-refractivity contribution >= 4 is 17.6 Å². The molecule has 0 spiro atoms. The number of para-hydroxylation sites is 1. The first-order chi connectivity index (χ1) is 10.9. The number of anilines is 1. The Labute approximate surface area is 133 Å². The van der Waals surface area contributed by atoms with E-state index in [1.165, 1.54) is 10.6 Å². The summed E-state index contributed by atoms with van der Waals surface area (Å²) in [4.78, 5) is 35.6. The standard InChI is InChI=1S/C17H18N2O4/c1-11(2)14-9-8-13(17(22)23)16(21)19(14)10-15(20)18-12-6-4-3-5-7-12/h3-9,11H,10H2,1-2H3,(H,18,20)(H,22,23). The SMILES string of the molecule is CC(C)c1ccc(C(=O)O)c(=O)n1CC(=O)Nc1ccccc1. The summed E-state index contributed by atoms with van der Waals surface area (Å²) in [5, 5.41) is 11.8. The summed E-state index contributed by atoms with van der Waals surface area (Å²) in [7, 11) is 0. The maximum absolute atomic E-state index is 12.3. The second-order valence-corrected chi connectivity index (χ2v) is 5.44. The van der Waals surface area contributed by atoms with Gasteiger partial charge in [-0.25, -0.2) is 4.79 Å². The molecule has 0 saturated carbocycles. The number of pyridine rings is 1. The van der Waals surface area contributed by atoms with Crippen LogP contribution in [0, 0.1) is 0 Å². The number of hydrogen-bond acceptors (Lipinski definition) is 3. The zero-order valence-corrected chi connectivity index (χ0v) is 12.9. The summed E-state index contributed by atoms with van der Waals surface area (Å²) in [6.45, 7) is 3.52. The lowest BCUT2D eigenvalue weighted by molar-refractivity contribution is -0.116. The molecule has 1 heterocycles. The average molecular weight is 314 g/mol. The molecule has 0 aliphatic carbocycles. The predicted octanol–water partition coefficient (Wildman–Crippen LogP) is 2.31. The highest BCUT2D eigenvalue weighted by atomic mass is 16.4. The summed E-state index contributed by atoms with van der Waals surface area (Å²) in [5.41, 5.74) is 0.211. The van der Waals surface area contributed by atoms with Crippen LogP contribution in [0.25, 0.3) is 0 Å². The first kappa shape index (κ1) is 16.5. The molecule has 1 aromatic carbocycles. The van der Waals surface area contributed by atoms with Crippen LogP contribution < -0.4 is 10.9 Å². The van der Waals surface area contributed by atoms with Gasteiger partial charge in [-0.1, -0.05) is 32.0 Å². The van der Waals surface area contributed by atoms with Gasteiger partial charge in [0.15, 0.2) is 0 Å². The molecule has 1 amide bonds. The van der Waals surface area contributed by atoms with Gasteiger partial charge in [-0.2, -0.15) is 0 Å². The molecule has 23 heavy (non-hydrogen) atoms. The number of nitrogens with one attached hydrogen (secondary N) is 1. The number of carbonyl (C=O) groups is 2. The van der Waals surface area contributed by atoms with Gasteiger partial charge >= 0.3 is 5.97 Å². The van der Waals surface area contributed by atoms with Gasteiger partial charge in [-0.15, -0.1) is 0 Å². The van der Waals surface area contributed by atoms with Crippen molar-refractivity contribution in [1.29, 1.82) is 0 Å². The molecule has 0 saturated heterocycles. The number of aromatic carboxylic acids is 1. The number of aromatic nitrogens is 1. The highest BCUT2D eigenvalue weighted by Gasteiger charge is 2.17. The molecule has 2 N–H and O–H groups in total. The van der Waals surface area contributed by atoms with Crippen molar-refractivity contribution in [2.75, 3.05) is 5.32 Å². The third-order valence-corrected chi connectivity index (χ3v) is 3.39. The van der Waals surface area contributed by atoms with Crippen LogP contribution in [-0.2, 0) is 11.3 Å². The van der Waals surface area contributed by atoms with Crippen LogP contribution in [0.3, 0.4) is 0 Å². The molecule has 0 aliphatic heterocycles. The number of hydrogen-bond donors (Lipinski definition) is 2. The van der Waals surface area contributed by atoms with Gasteiger partial charge in [0.2, 0.25) is 5.91 Å². The Morgan fingerprint density at radius 2 is 1.78 bits per heavy atom. The number of nitrogens with zero attached hydrogens (tertiary/aromatic N) is 1. The maximum atomic E-state index is 12.3. The Balaban J connectivity index is 2.33. The quantitative estimate of drug-likeness (QED) is 0.886. The van der Waals surface area contributed by atoms with Crippen LogP contribution in [0.2, 0.25) is 0 Å². The number of carbonyl (C=O) groups excluding carboxylic acids is 1. The van der Waals surface area contributed by atoms with E-state index in [1.807, 2.05) is 19.9 Å².